The van der Waals surface area contributed by atoms with Crippen molar-refractivity contribution < 1.29 is 23.8 Å². The Morgan fingerprint density at radius 1 is 1.08 bits per heavy atom. The number of rotatable bonds is 2. The Bertz CT molecular complexity index is 652. The fraction of sp³-hybridized carbons (Fsp3) is 0.556. The molecule has 3 fully saturated rings. The van der Waals surface area contributed by atoms with E-state index in [1.807, 2.05) is 37.3 Å². The van der Waals surface area contributed by atoms with E-state index in [9.17, 15) is 9.59 Å². The molecule has 4 rings (SSSR count). The average molecular weight is 346 g/mol. The first-order chi connectivity index (χ1) is 12.1. The monoisotopic (exact) mass is 346 g/mol. The molecule has 2 unspecified atom stereocenters. The molecule has 25 heavy (non-hydrogen) atoms. The molecule has 1 aromatic carbocycles. The third-order valence-electron chi connectivity index (χ3n) is 5.05. The summed E-state index contributed by atoms with van der Waals surface area (Å²) in [4.78, 5) is 25.5. The molecule has 0 aliphatic carbocycles. The lowest BCUT2D eigenvalue weighted by molar-refractivity contribution is -0.283. The lowest BCUT2D eigenvalue weighted by atomic mass is 9.97. The van der Waals surface area contributed by atoms with Gasteiger partial charge < -0.3 is 19.1 Å². The van der Waals surface area contributed by atoms with Gasteiger partial charge in [-0.15, -0.1) is 0 Å². The molecule has 0 spiro atoms. The highest BCUT2D eigenvalue weighted by molar-refractivity contribution is 5.97. The summed E-state index contributed by atoms with van der Waals surface area (Å²) in [5.74, 6) is -0.439. The Hall–Kier alpha value is -1.96. The van der Waals surface area contributed by atoms with Crippen molar-refractivity contribution in [2.45, 2.75) is 37.9 Å². The Kier molecular flexibility index (Phi) is 4.45. The second-order valence-corrected chi connectivity index (χ2v) is 6.86. The number of ether oxygens (including phenoxy) is 3. The highest BCUT2D eigenvalue weighted by Gasteiger charge is 2.43. The van der Waals surface area contributed by atoms with Crippen molar-refractivity contribution in [2.75, 3.05) is 19.8 Å². The van der Waals surface area contributed by atoms with E-state index in [4.69, 9.17) is 14.2 Å². The molecule has 3 aliphatic rings. The van der Waals surface area contributed by atoms with E-state index in [1.54, 1.807) is 4.90 Å². The van der Waals surface area contributed by atoms with Gasteiger partial charge in [0.15, 0.2) is 6.29 Å². The van der Waals surface area contributed by atoms with Crippen LogP contribution in [0.5, 0.6) is 0 Å². The van der Waals surface area contributed by atoms with Crippen molar-refractivity contribution >= 4 is 11.9 Å². The zero-order chi connectivity index (χ0) is 17.4. The molecule has 0 radical (unpaired) electrons. The number of amides is 3. The average Bonchev–Trinajstić information content (AvgIpc) is 2.64. The lowest BCUT2D eigenvalue weighted by Gasteiger charge is -2.45. The van der Waals surface area contributed by atoms with E-state index in [0.717, 1.165) is 5.56 Å². The molecule has 1 aromatic rings. The molecule has 3 amide bonds. The molecule has 3 heterocycles. The SMILES string of the molecule is CC1CN([C@H]2CO[C@@H]3COC(c4ccccc4)O[C@H]3C2)C(=O)NC1=O. The highest BCUT2D eigenvalue weighted by atomic mass is 16.7. The first-order valence-electron chi connectivity index (χ1n) is 8.67. The number of fused-ring (bicyclic) bond motifs is 1. The predicted octanol–water partition coefficient (Wildman–Crippen LogP) is 1.45. The summed E-state index contributed by atoms with van der Waals surface area (Å²) in [6, 6.07) is 9.34. The van der Waals surface area contributed by atoms with Crippen molar-refractivity contribution in [1.29, 1.82) is 0 Å². The zero-order valence-corrected chi connectivity index (χ0v) is 14.1. The Balaban J connectivity index is 1.44. The van der Waals surface area contributed by atoms with Gasteiger partial charge in [-0.05, 0) is 6.42 Å². The maximum atomic E-state index is 12.2. The van der Waals surface area contributed by atoms with Crippen LogP contribution < -0.4 is 5.32 Å². The maximum absolute atomic E-state index is 12.2. The number of carbonyl (C=O) groups is 2. The second-order valence-electron chi connectivity index (χ2n) is 6.86. The van der Waals surface area contributed by atoms with E-state index in [0.29, 0.717) is 26.2 Å². The first kappa shape index (κ1) is 16.5. The van der Waals surface area contributed by atoms with E-state index >= 15 is 0 Å². The third-order valence-corrected chi connectivity index (χ3v) is 5.05. The van der Waals surface area contributed by atoms with Gasteiger partial charge in [-0.3, -0.25) is 10.1 Å². The van der Waals surface area contributed by atoms with Gasteiger partial charge in [0.2, 0.25) is 5.91 Å². The van der Waals surface area contributed by atoms with Crippen molar-refractivity contribution in [2.24, 2.45) is 5.92 Å². The summed E-state index contributed by atoms with van der Waals surface area (Å²) < 4.78 is 17.8. The van der Waals surface area contributed by atoms with Crippen LogP contribution in [0.15, 0.2) is 30.3 Å². The fourth-order valence-electron chi connectivity index (χ4n) is 3.59. The van der Waals surface area contributed by atoms with Gasteiger partial charge in [-0.25, -0.2) is 4.79 Å². The van der Waals surface area contributed by atoms with Crippen LogP contribution in [0.3, 0.4) is 0 Å². The molecule has 134 valence electrons. The van der Waals surface area contributed by atoms with E-state index in [2.05, 4.69) is 5.32 Å². The van der Waals surface area contributed by atoms with Crippen molar-refractivity contribution in [3.05, 3.63) is 35.9 Å². The van der Waals surface area contributed by atoms with E-state index in [1.165, 1.54) is 0 Å². The van der Waals surface area contributed by atoms with Crippen LogP contribution in [0.25, 0.3) is 0 Å². The molecule has 7 heteroatoms. The first-order valence-corrected chi connectivity index (χ1v) is 8.67. The minimum Gasteiger partial charge on any atom is -0.371 e. The maximum Gasteiger partial charge on any atom is 0.324 e. The summed E-state index contributed by atoms with van der Waals surface area (Å²) >= 11 is 0. The van der Waals surface area contributed by atoms with Crippen molar-refractivity contribution in [1.82, 2.24) is 10.2 Å². The van der Waals surface area contributed by atoms with Crippen molar-refractivity contribution in [3.8, 4) is 0 Å². The largest absolute Gasteiger partial charge is 0.371 e. The topological polar surface area (TPSA) is 77.1 Å². The number of imide groups is 1. The quantitative estimate of drug-likeness (QED) is 0.877. The molecular weight excluding hydrogens is 324 g/mol. The number of hydrogen-bond acceptors (Lipinski definition) is 5. The third kappa shape index (κ3) is 3.27. The number of carbonyl (C=O) groups excluding carboxylic acids is 2. The van der Waals surface area contributed by atoms with Gasteiger partial charge in [-0.2, -0.15) is 0 Å². The lowest BCUT2D eigenvalue weighted by Crippen LogP contribution is -2.61. The zero-order valence-electron chi connectivity index (χ0n) is 14.1. The van der Waals surface area contributed by atoms with Gasteiger partial charge in [0.05, 0.1) is 31.3 Å². The van der Waals surface area contributed by atoms with Crippen LogP contribution in [0.4, 0.5) is 4.79 Å². The van der Waals surface area contributed by atoms with Gasteiger partial charge in [0.1, 0.15) is 6.10 Å². The Labute approximate surface area is 146 Å². The van der Waals surface area contributed by atoms with Crippen molar-refractivity contribution in [3.63, 3.8) is 0 Å². The number of nitrogens with one attached hydrogen (secondary N) is 1. The standard InChI is InChI=1S/C18H22N2O5/c1-11-8-20(18(22)19-16(11)21)13-7-14-15(23-9-13)10-24-17(25-14)12-5-3-2-4-6-12/h2-6,11,13-15,17H,7-10H2,1H3,(H,19,21,22)/t11?,13-,14+,15-,17?/m1/s1. The molecule has 3 saturated heterocycles. The molecular formula is C18H22N2O5. The number of benzene rings is 1. The molecule has 3 aliphatic heterocycles. The van der Waals surface area contributed by atoms with Crippen LogP contribution in [-0.4, -0.2) is 54.8 Å². The normalized spacial score (nSPS) is 35.9. The van der Waals surface area contributed by atoms with Gasteiger partial charge in [0, 0.05) is 12.1 Å². The number of urea groups is 1. The minimum atomic E-state index is -0.416. The van der Waals surface area contributed by atoms with E-state index < -0.39 is 6.29 Å². The molecule has 0 aromatic heterocycles. The Morgan fingerprint density at radius 2 is 1.88 bits per heavy atom. The summed E-state index contributed by atoms with van der Waals surface area (Å²) in [6.45, 7) is 3.13. The minimum absolute atomic E-state index is 0.105. The van der Waals surface area contributed by atoms with Crippen LogP contribution in [-0.2, 0) is 19.0 Å². The van der Waals surface area contributed by atoms with Crippen LogP contribution in [0.2, 0.25) is 0 Å². The summed E-state index contributed by atoms with van der Waals surface area (Å²) in [5.41, 5.74) is 0.970. The number of hydrogen-bond donors (Lipinski definition) is 1. The summed E-state index contributed by atoms with van der Waals surface area (Å²) in [7, 11) is 0. The molecule has 0 bridgehead atoms. The van der Waals surface area contributed by atoms with Gasteiger partial charge in [-0.1, -0.05) is 37.3 Å². The van der Waals surface area contributed by atoms with Crippen LogP contribution in [0, 0.1) is 5.92 Å². The molecule has 7 nitrogen and oxygen atoms in total. The number of nitrogens with zero attached hydrogens (tertiary/aromatic N) is 1. The summed E-state index contributed by atoms with van der Waals surface area (Å²) in [5, 5.41) is 2.41. The van der Waals surface area contributed by atoms with Gasteiger partial charge >= 0.3 is 6.03 Å². The van der Waals surface area contributed by atoms with Crippen LogP contribution in [0.1, 0.15) is 25.2 Å². The molecule has 5 atom stereocenters. The smallest absolute Gasteiger partial charge is 0.324 e. The van der Waals surface area contributed by atoms with Gasteiger partial charge in [0.25, 0.3) is 0 Å². The predicted molar refractivity (Wildman–Crippen MR) is 87.6 cm³/mol. The van der Waals surface area contributed by atoms with E-state index in [-0.39, 0.29) is 36.1 Å². The molecule has 1 N–H and O–H groups in total. The second kappa shape index (κ2) is 6.74. The Morgan fingerprint density at radius 3 is 2.68 bits per heavy atom. The van der Waals surface area contributed by atoms with Crippen LogP contribution >= 0.6 is 0 Å². The molecule has 0 saturated carbocycles. The highest BCUT2D eigenvalue weighted by Crippen LogP contribution is 2.33. The fourth-order valence-corrected chi connectivity index (χ4v) is 3.59. The summed E-state index contributed by atoms with van der Waals surface area (Å²) in [6.07, 6.45) is -0.00635.